The van der Waals surface area contributed by atoms with Crippen LogP contribution < -0.4 is 0 Å². The summed E-state index contributed by atoms with van der Waals surface area (Å²) < 4.78 is 6.55. The van der Waals surface area contributed by atoms with Gasteiger partial charge in [0.05, 0.1) is 4.75 Å². The van der Waals surface area contributed by atoms with Gasteiger partial charge in [-0.3, -0.25) is 4.18 Å². The summed E-state index contributed by atoms with van der Waals surface area (Å²) in [5.41, 5.74) is 0. The van der Waals surface area contributed by atoms with Crippen molar-refractivity contribution in [2.24, 2.45) is 0 Å². The van der Waals surface area contributed by atoms with Gasteiger partial charge in [-0.1, -0.05) is 83.4 Å². The van der Waals surface area contributed by atoms with Crippen molar-refractivity contribution in [1.82, 2.24) is 0 Å². The first-order chi connectivity index (χ1) is 13.1. The molecule has 0 fully saturated rings. The molecule has 0 saturated heterocycles. The number of thioether (sulfide) groups is 1. The highest BCUT2D eigenvalue weighted by Gasteiger charge is 2.32. The van der Waals surface area contributed by atoms with E-state index in [0.717, 1.165) is 25.0 Å². The van der Waals surface area contributed by atoms with E-state index in [1.807, 2.05) is 11.8 Å². The fraction of sp³-hybridized carbons (Fsp3) is 0.667. The summed E-state index contributed by atoms with van der Waals surface area (Å²) in [6.45, 7) is 13.1. The van der Waals surface area contributed by atoms with Gasteiger partial charge in [0.15, 0.2) is 4.93 Å². The van der Waals surface area contributed by atoms with Crippen molar-refractivity contribution in [1.29, 1.82) is 0 Å². The minimum absolute atomic E-state index is 0.101. The van der Waals surface area contributed by atoms with Crippen LogP contribution in [0.1, 0.15) is 86.5 Å². The maximum absolute atomic E-state index is 6.65. The molecular weight excluding hydrogens is 368 g/mol. The molecule has 0 amide bonds. The molecule has 0 spiro atoms. The van der Waals surface area contributed by atoms with Crippen LogP contribution >= 0.6 is 23.8 Å². The third kappa shape index (κ3) is 11.3. The average molecular weight is 411 g/mol. The fourth-order valence-electron chi connectivity index (χ4n) is 2.65. The zero-order chi connectivity index (χ0) is 20.4. The molecule has 156 valence electrons. The number of hydrogen-bond acceptors (Lipinski definition) is 3. The quantitative estimate of drug-likeness (QED) is 0.109. The van der Waals surface area contributed by atoms with Gasteiger partial charge in [0, 0.05) is 12.0 Å². The summed E-state index contributed by atoms with van der Waals surface area (Å²) in [5, 5.41) is 0. The molecule has 0 aromatic rings. The van der Waals surface area contributed by atoms with Gasteiger partial charge in [0.25, 0.3) is 0 Å². The molecule has 0 saturated carbocycles. The second-order valence-electron chi connectivity index (χ2n) is 6.77. The van der Waals surface area contributed by atoms with Crippen LogP contribution in [0.25, 0.3) is 0 Å². The van der Waals surface area contributed by atoms with Crippen LogP contribution in [0.5, 0.6) is 0 Å². The molecule has 0 aliphatic rings. The molecule has 1 nitrogen and oxygen atoms in total. The highest BCUT2D eigenvalue weighted by molar-refractivity contribution is 8.02. The summed E-state index contributed by atoms with van der Waals surface area (Å²) in [7, 11) is 0. The van der Waals surface area contributed by atoms with Gasteiger partial charge in [0.1, 0.15) is 0 Å². The second kappa shape index (κ2) is 16.6. The molecule has 0 rings (SSSR count). The highest BCUT2D eigenvalue weighted by atomic mass is 32.2. The highest BCUT2D eigenvalue weighted by Crippen LogP contribution is 2.43. The van der Waals surface area contributed by atoms with E-state index in [2.05, 4.69) is 90.2 Å². The Balaban J connectivity index is 5.66. The molecule has 3 heteroatoms. The Morgan fingerprint density at radius 2 is 1.33 bits per heavy atom. The Morgan fingerprint density at radius 1 is 0.778 bits per heavy atom. The SMILES string of the molecule is CC=CC(C=CC)(CCCC)SOC(/C=C\CC)(/C=C/CC)SCCCC. The van der Waals surface area contributed by atoms with Crippen LogP contribution in [-0.4, -0.2) is 15.4 Å². The Kier molecular flexibility index (Phi) is 16.3. The van der Waals surface area contributed by atoms with Crippen molar-refractivity contribution in [3.05, 3.63) is 48.6 Å². The normalized spacial score (nSPS) is 17.4. The third-order valence-corrected chi connectivity index (χ3v) is 6.69. The van der Waals surface area contributed by atoms with E-state index < -0.39 is 4.93 Å². The second-order valence-corrected chi connectivity index (χ2v) is 9.20. The van der Waals surface area contributed by atoms with Crippen molar-refractivity contribution < 1.29 is 4.18 Å². The van der Waals surface area contributed by atoms with Crippen molar-refractivity contribution >= 4 is 23.8 Å². The molecule has 27 heavy (non-hydrogen) atoms. The lowest BCUT2D eigenvalue weighted by Crippen LogP contribution is -2.27. The molecule has 0 N–H and O–H groups in total. The lowest BCUT2D eigenvalue weighted by atomic mass is 10.00. The molecule has 0 aliphatic heterocycles. The third-order valence-electron chi connectivity index (χ3n) is 4.14. The van der Waals surface area contributed by atoms with Crippen molar-refractivity contribution in [2.75, 3.05) is 5.75 Å². The molecule has 1 unspecified atom stereocenters. The van der Waals surface area contributed by atoms with Gasteiger partial charge >= 0.3 is 0 Å². The molecule has 0 bridgehead atoms. The van der Waals surface area contributed by atoms with E-state index >= 15 is 0 Å². The predicted molar refractivity (Wildman–Crippen MR) is 130 cm³/mol. The standard InChI is InChI=1S/C24H42OS2/c1-7-13-19-23(17-11-5,18-12-6)27-25-24(20-14-8-2,21-15-9-3)26-22-16-10-4/h11-12,14-15,17-18,20-21H,7-10,13,16,19,22H2,1-6H3/b17-11?,18-12?,20-14-,21-15+. The first-order valence-electron chi connectivity index (χ1n) is 10.7. The number of allylic oxidation sites excluding steroid dienone is 4. The lowest BCUT2D eigenvalue weighted by Gasteiger charge is -2.33. The molecule has 0 aromatic heterocycles. The molecule has 0 aromatic carbocycles. The van der Waals surface area contributed by atoms with Gasteiger partial charge < -0.3 is 0 Å². The molecule has 1 atom stereocenters. The van der Waals surface area contributed by atoms with E-state index in [9.17, 15) is 0 Å². The molecule has 0 heterocycles. The van der Waals surface area contributed by atoms with Gasteiger partial charge in [-0.05, 0) is 57.4 Å². The zero-order valence-electron chi connectivity index (χ0n) is 18.5. The van der Waals surface area contributed by atoms with Crippen LogP contribution in [0, 0.1) is 0 Å². The van der Waals surface area contributed by atoms with Gasteiger partial charge in [-0.15, -0.1) is 11.8 Å². The average Bonchev–Trinajstić information content (AvgIpc) is 2.67. The maximum atomic E-state index is 6.65. The van der Waals surface area contributed by atoms with E-state index in [1.165, 1.54) is 25.7 Å². The van der Waals surface area contributed by atoms with E-state index in [0.29, 0.717) is 0 Å². The Morgan fingerprint density at radius 3 is 1.78 bits per heavy atom. The molecule has 0 aliphatic carbocycles. The van der Waals surface area contributed by atoms with Crippen LogP contribution in [0.2, 0.25) is 0 Å². The monoisotopic (exact) mass is 410 g/mol. The molecule has 0 radical (unpaired) electrons. The largest absolute Gasteiger partial charge is 0.288 e. The number of rotatable bonds is 16. The Labute approximate surface area is 178 Å². The lowest BCUT2D eigenvalue weighted by molar-refractivity contribution is 0.309. The van der Waals surface area contributed by atoms with Crippen LogP contribution in [0.3, 0.4) is 0 Å². The topological polar surface area (TPSA) is 9.23 Å². The fourth-order valence-corrected chi connectivity index (χ4v) is 5.09. The summed E-state index contributed by atoms with van der Waals surface area (Å²) in [5.74, 6) is 1.11. The summed E-state index contributed by atoms with van der Waals surface area (Å²) in [6.07, 6.45) is 25.8. The van der Waals surface area contributed by atoms with Gasteiger partial charge in [-0.25, -0.2) is 0 Å². The molecular formula is C24H42OS2. The maximum Gasteiger partial charge on any atom is 0.165 e. The predicted octanol–water partition coefficient (Wildman–Crippen LogP) is 8.89. The Bertz CT molecular complexity index is 437. The van der Waals surface area contributed by atoms with Crippen molar-refractivity contribution in [3.63, 3.8) is 0 Å². The van der Waals surface area contributed by atoms with Gasteiger partial charge in [-0.2, -0.15) is 0 Å². The van der Waals surface area contributed by atoms with Gasteiger partial charge in [0.2, 0.25) is 0 Å². The minimum atomic E-state index is -0.396. The van der Waals surface area contributed by atoms with Crippen molar-refractivity contribution in [2.45, 2.75) is 96.2 Å². The first-order valence-corrected chi connectivity index (χ1v) is 12.4. The van der Waals surface area contributed by atoms with E-state index in [1.54, 1.807) is 12.0 Å². The number of hydrogen-bond donors (Lipinski definition) is 0. The number of unbranched alkanes of at least 4 members (excludes halogenated alkanes) is 2. The van der Waals surface area contributed by atoms with Crippen LogP contribution in [0.15, 0.2) is 48.6 Å². The summed E-state index contributed by atoms with van der Waals surface area (Å²) in [4.78, 5) is -0.396. The smallest absolute Gasteiger partial charge is 0.165 e. The van der Waals surface area contributed by atoms with E-state index in [4.69, 9.17) is 4.18 Å². The zero-order valence-corrected chi connectivity index (χ0v) is 20.1. The van der Waals surface area contributed by atoms with Crippen molar-refractivity contribution in [3.8, 4) is 0 Å². The van der Waals surface area contributed by atoms with E-state index in [-0.39, 0.29) is 4.75 Å². The minimum Gasteiger partial charge on any atom is -0.288 e. The summed E-state index contributed by atoms with van der Waals surface area (Å²) >= 11 is 3.54. The Hall–Kier alpha value is -0.380. The first kappa shape index (κ1) is 26.6. The summed E-state index contributed by atoms with van der Waals surface area (Å²) in [6, 6.07) is 0. The van der Waals surface area contributed by atoms with Crippen LogP contribution in [-0.2, 0) is 4.18 Å². The van der Waals surface area contributed by atoms with Crippen LogP contribution in [0.4, 0.5) is 0 Å².